The van der Waals surface area contributed by atoms with Crippen LogP contribution in [0.3, 0.4) is 0 Å². The lowest BCUT2D eigenvalue weighted by Crippen LogP contribution is -2.15. The van der Waals surface area contributed by atoms with Gasteiger partial charge in [-0.05, 0) is 63.6 Å². The fourth-order valence-electron chi connectivity index (χ4n) is 3.42. The number of terminal acetylenes is 1. The third-order valence-electron chi connectivity index (χ3n) is 5.47. The Balaban J connectivity index is 0.00000211. The Hall–Kier alpha value is -5.15. The van der Waals surface area contributed by atoms with Crippen molar-refractivity contribution < 1.29 is 14.3 Å². The quantitative estimate of drug-likeness (QED) is 0.106. The van der Waals surface area contributed by atoms with Gasteiger partial charge in [0, 0.05) is 29.4 Å². The summed E-state index contributed by atoms with van der Waals surface area (Å²) in [5.74, 6) is 0.736. The van der Waals surface area contributed by atoms with Crippen LogP contribution < -0.4 is 10.6 Å². The van der Waals surface area contributed by atoms with Gasteiger partial charge in [0.25, 0.3) is 5.91 Å². The van der Waals surface area contributed by atoms with Crippen molar-refractivity contribution >= 4 is 34.8 Å². The largest absolute Gasteiger partial charge is 0.456 e. The lowest BCUT2D eigenvalue weighted by atomic mass is 10.1. The molecule has 0 aliphatic rings. The molecule has 42 heavy (non-hydrogen) atoms. The molecular weight excluding hydrogens is 522 g/mol. The predicted molar refractivity (Wildman–Crippen MR) is 176 cm³/mol. The van der Waals surface area contributed by atoms with Crippen molar-refractivity contribution in [2.45, 2.75) is 47.5 Å². The summed E-state index contributed by atoms with van der Waals surface area (Å²) < 4.78 is 6.16. The van der Waals surface area contributed by atoms with Gasteiger partial charge in [0.1, 0.15) is 17.3 Å². The summed E-state index contributed by atoms with van der Waals surface area (Å²) in [5.41, 5.74) is 3.70. The summed E-state index contributed by atoms with van der Waals surface area (Å²) in [6.07, 6.45) is 16.6. The topological polar surface area (TPSA) is 80.3 Å². The molecule has 2 N–H and O–H groups in total. The molecule has 1 aromatic heterocycles. The van der Waals surface area contributed by atoms with Gasteiger partial charge in [0.15, 0.2) is 0 Å². The van der Waals surface area contributed by atoms with E-state index in [9.17, 15) is 9.59 Å². The summed E-state index contributed by atoms with van der Waals surface area (Å²) in [6, 6.07) is 21.9. The van der Waals surface area contributed by atoms with Crippen LogP contribution in [0.1, 0.15) is 58.6 Å². The van der Waals surface area contributed by atoms with E-state index in [2.05, 4.69) is 41.1 Å². The van der Waals surface area contributed by atoms with Crippen LogP contribution in [0.2, 0.25) is 0 Å². The predicted octanol–water partition coefficient (Wildman–Crippen LogP) is 8.66. The first kappa shape index (κ1) is 34.9. The number of benzene rings is 2. The summed E-state index contributed by atoms with van der Waals surface area (Å²) in [6.45, 7) is 13.8. The summed E-state index contributed by atoms with van der Waals surface area (Å²) in [5, 5.41) is 5.68. The van der Waals surface area contributed by atoms with Gasteiger partial charge in [-0.2, -0.15) is 0 Å². The van der Waals surface area contributed by atoms with Gasteiger partial charge in [-0.25, -0.2) is 4.98 Å². The molecule has 0 bridgehead atoms. The maximum Gasteiger partial charge on any atom is 0.256 e. The summed E-state index contributed by atoms with van der Waals surface area (Å²) >= 11 is 0. The number of anilines is 2. The number of pyridine rings is 1. The van der Waals surface area contributed by atoms with Gasteiger partial charge in [-0.1, -0.05) is 80.6 Å². The third-order valence-corrected chi connectivity index (χ3v) is 5.47. The normalized spacial score (nSPS) is 10.5. The number of carbonyl (C=O) groups is 2. The van der Waals surface area contributed by atoms with Crippen LogP contribution in [0.5, 0.6) is 0 Å². The second kappa shape index (κ2) is 19.8. The zero-order valence-corrected chi connectivity index (χ0v) is 25.2. The molecule has 0 saturated heterocycles. The van der Waals surface area contributed by atoms with E-state index >= 15 is 0 Å². The lowest BCUT2D eigenvalue weighted by Gasteiger charge is -2.16. The van der Waals surface area contributed by atoms with Gasteiger partial charge in [0.05, 0.1) is 5.57 Å². The fourth-order valence-corrected chi connectivity index (χ4v) is 3.42. The Labute approximate surface area is 250 Å². The summed E-state index contributed by atoms with van der Waals surface area (Å²) in [7, 11) is 0. The van der Waals surface area contributed by atoms with Crippen LogP contribution >= 0.6 is 0 Å². The highest BCUT2D eigenvalue weighted by Crippen LogP contribution is 2.28. The van der Waals surface area contributed by atoms with Crippen molar-refractivity contribution in [2.24, 2.45) is 0 Å². The molecule has 0 aliphatic carbocycles. The molecule has 0 radical (unpaired) electrons. The third kappa shape index (κ3) is 12.4. The minimum Gasteiger partial charge on any atom is -0.456 e. The van der Waals surface area contributed by atoms with Gasteiger partial charge >= 0.3 is 0 Å². The molecule has 6 nitrogen and oxygen atoms in total. The molecule has 1 heterocycles. The molecule has 0 saturated carbocycles. The fraction of sp³-hybridized carbons (Fsp3) is 0.194. The molecule has 0 fully saturated rings. The number of hydrogen-bond acceptors (Lipinski definition) is 4. The Morgan fingerprint density at radius 3 is 2.10 bits per heavy atom. The highest BCUT2D eigenvalue weighted by molar-refractivity contribution is 6.07. The monoisotopic (exact) mass is 563 g/mol. The average Bonchev–Trinajstić information content (AvgIpc) is 3.02. The molecule has 218 valence electrons. The Bertz CT molecular complexity index is 1380. The van der Waals surface area contributed by atoms with Gasteiger partial charge < -0.3 is 15.4 Å². The lowest BCUT2D eigenvalue weighted by molar-refractivity contribution is -0.115. The smallest absolute Gasteiger partial charge is 0.256 e. The molecule has 0 unspecified atom stereocenters. The van der Waals surface area contributed by atoms with Crippen molar-refractivity contribution in [1.82, 2.24) is 4.98 Å². The first-order chi connectivity index (χ1) is 20.3. The molecule has 3 aromatic rings. The minimum absolute atomic E-state index is 0.110. The molecule has 6 heteroatoms. The van der Waals surface area contributed by atoms with Crippen molar-refractivity contribution in [2.75, 3.05) is 10.6 Å². The van der Waals surface area contributed by atoms with E-state index in [1.807, 2.05) is 70.2 Å². The number of nitrogens with zero attached hydrogens (tertiary/aromatic N) is 1. The number of hydrogen-bond donors (Lipinski definition) is 2. The van der Waals surface area contributed by atoms with Gasteiger partial charge in [-0.15, -0.1) is 12.8 Å². The standard InChI is InChI=1S/C32H33N3O3.C2H6.C2H2/c1-23(2)13-7-5-10-17-30(36)34-28-20-18-27(19-21-28)31(38-25(4)26-14-8-6-9-15-26)24(3)32(37)35-29-16-11-12-22-33-29;2*1-2/h5-6,8-16,18-22H,4,7,17H2,1-3H3,(H,34,36)(H,33,35,37);1-2H3;1-2H/b10-5-,31-24+;;. The number of allylic oxidation sites excluding steroid dienone is 3. The molecule has 2 amide bonds. The number of ether oxygens (including phenoxy) is 1. The molecule has 2 aromatic carbocycles. The SMILES string of the molecule is C#C.C=C(O/C(=C(\C)C(=O)Nc1ccccn1)c1ccc(NC(=O)C/C=C\CC=C(C)C)cc1)c1ccccc1.CC. The van der Waals surface area contributed by atoms with Crippen LogP contribution in [0, 0.1) is 12.8 Å². The minimum atomic E-state index is -0.350. The number of amides is 2. The average molecular weight is 564 g/mol. The molecule has 3 rings (SSSR count). The number of rotatable bonds is 11. The molecule has 0 aliphatic heterocycles. The van der Waals surface area contributed by atoms with E-state index in [0.29, 0.717) is 34.2 Å². The van der Waals surface area contributed by atoms with Crippen molar-refractivity contribution in [3.63, 3.8) is 0 Å². The number of aromatic nitrogens is 1. The van der Waals surface area contributed by atoms with Gasteiger partial charge in [-0.3, -0.25) is 9.59 Å². The van der Waals surface area contributed by atoms with E-state index in [4.69, 9.17) is 4.74 Å². The Morgan fingerprint density at radius 1 is 0.857 bits per heavy atom. The molecular formula is C36H41N3O3. The number of nitrogens with one attached hydrogen (secondary N) is 2. The van der Waals surface area contributed by atoms with E-state index in [1.54, 1.807) is 55.6 Å². The Kier molecular flexibility index (Phi) is 16.5. The maximum atomic E-state index is 13.1. The van der Waals surface area contributed by atoms with Crippen molar-refractivity contribution in [1.29, 1.82) is 0 Å². The second-order valence-electron chi connectivity index (χ2n) is 8.83. The van der Waals surface area contributed by atoms with Crippen LogP contribution in [0.15, 0.2) is 115 Å². The van der Waals surface area contributed by atoms with Crippen molar-refractivity contribution in [3.8, 4) is 12.8 Å². The Morgan fingerprint density at radius 2 is 1.50 bits per heavy atom. The first-order valence-electron chi connectivity index (χ1n) is 13.7. The highest BCUT2D eigenvalue weighted by Gasteiger charge is 2.17. The highest BCUT2D eigenvalue weighted by atomic mass is 16.5. The van der Waals surface area contributed by atoms with E-state index in [1.165, 1.54) is 5.57 Å². The van der Waals surface area contributed by atoms with Crippen LogP contribution in [0.4, 0.5) is 11.5 Å². The molecule has 0 atom stereocenters. The van der Waals surface area contributed by atoms with E-state index in [0.717, 1.165) is 12.0 Å². The summed E-state index contributed by atoms with van der Waals surface area (Å²) in [4.78, 5) is 29.5. The van der Waals surface area contributed by atoms with Crippen LogP contribution in [0.25, 0.3) is 11.5 Å². The zero-order chi connectivity index (χ0) is 31.3. The van der Waals surface area contributed by atoms with E-state index in [-0.39, 0.29) is 18.2 Å². The number of carbonyl (C=O) groups excluding carboxylic acids is 2. The van der Waals surface area contributed by atoms with Crippen LogP contribution in [-0.2, 0) is 14.3 Å². The van der Waals surface area contributed by atoms with Crippen molar-refractivity contribution in [3.05, 3.63) is 126 Å². The zero-order valence-electron chi connectivity index (χ0n) is 25.2. The van der Waals surface area contributed by atoms with E-state index < -0.39 is 0 Å². The second-order valence-corrected chi connectivity index (χ2v) is 8.83. The maximum absolute atomic E-state index is 13.1. The van der Waals surface area contributed by atoms with Gasteiger partial charge in [0.2, 0.25) is 5.91 Å². The molecule has 0 spiro atoms. The first-order valence-corrected chi connectivity index (χ1v) is 13.7. The van der Waals surface area contributed by atoms with Crippen LogP contribution in [-0.4, -0.2) is 16.8 Å².